The second-order valence-electron chi connectivity index (χ2n) is 2.84. The predicted molar refractivity (Wildman–Crippen MR) is 55.8 cm³/mol. The van der Waals surface area contributed by atoms with Gasteiger partial charge in [-0.15, -0.1) is 0 Å². The third kappa shape index (κ3) is 4.70. The summed E-state index contributed by atoms with van der Waals surface area (Å²) in [5.74, 6) is 0.0844. The molecule has 0 bridgehead atoms. The lowest BCUT2D eigenvalue weighted by molar-refractivity contribution is -0.0498. The Morgan fingerprint density at radius 2 is 2.31 bits per heavy atom. The number of nitrogens with zero attached hydrogens (tertiary/aromatic N) is 1. The third-order valence-electron chi connectivity index (χ3n) is 1.61. The van der Waals surface area contributed by atoms with Crippen LogP contribution in [0.3, 0.4) is 0 Å². The summed E-state index contributed by atoms with van der Waals surface area (Å²) in [6, 6.07) is 6.16. The van der Waals surface area contributed by atoms with Gasteiger partial charge in [0, 0.05) is 0 Å². The molecule has 0 heterocycles. The van der Waals surface area contributed by atoms with Crippen LogP contribution in [0.5, 0.6) is 5.75 Å². The smallest absolute Gasteiger partial charge is 0.387 e. The largest absolute Gasteiger partial charge is 0.435 e. The van der Waals surface area contributed by atoms with Gasteiger partial charge in [-0.05, 0) is 17.7 Å². The molecule has 0 saturated carbocycles. The number of aliphatic hydroxyl groups excluding tert-OH is 1. The van der Waals surface area contributed by atoms with Gasteiger partial charge in [0.2, 0.25) is 0 Å². The number of hydrogen-bond donors (Lipinski definition) is 2. The van der Waals surface area contributed by atoms with Gasteiger partial charge in [0.25, 0.3) is 0 Å². The molecule has 1 aromatic rings. The number of rotatable bonds is 6. The van der Waals surface area contributed by atoms with E-state index in [1.807, 2.05) is 0 Å². The van der Waals surface area contributed by atoms with E-state index < -0.39 is 6.61 Å². The van der Waals surface area contributed by atoms with Gasteiger partial charge in [-0.2, -0.15) is 13.9 Å². The van der Waals surface area contributed by atoms with Crippen LogP contribution in [0.1, 0.15) is 5.56 Å². The molecule has 0 saturated heterocycles. The van der Waals surface area contributed by atoms with E-state index >= 15 is 0 Å². The molecule has 0 aliphatic carbocycles. The Balaban J connectivity index is 2.56. The predicted octanol–water partition coefficient (Wildman–Crippen LogP) is 1.20. The maximum absolute atomic E-state index is 11.9. The van der Waals surface area contributed by atoms with Gasteiger partial charge in [0.1, 0.15) is 5.75 Å². The number of benzene rings is 1. The van der Waals surface area contributed by atoms with Crippen molar-refractivity contribution in [1.82, 2.24) is 5.43 Å². The highest BCUT2D eigenvalue weighted by atomic mass is 19.3. The Kier molecular flexibility index (Phi) is 5.21. The molecule has 6 heteroatoms. The summed E-state index contributed by atoms with van der Waals surface area (Å²) < 4.78 is 28.0. The quantitative estimate of drug-likeness (QED) is 0.438. The summed E-state index contributed by atoms with van der Waals surface area (Å²) in [5.41, 5.74) is 3.20. The molecule has 1 rings (SSSR count). The van der Waals surface area contributed by atoms with Gasteiger partial charge in [0.05, 0.1) is 19.4 Å². The summed E-state index contributed by atoms with van der Waals surface area (Å²) in [6.45, 7) is -2.52. The summed E-state index contributed by atoms with van der Waals surface area (Å²) in [5, 5.41) is 12.2. The number of nitrogens with one attached hydrogen (secondary N) is 1. The minimum atomic E-state index is -2.83. The highest BCUT2D eigenvalue weighted by molar-refractivity contribution is 5.79. The Hall–Kier alpha value is -1.69. The fourth-order valence-corrected chi connectivity index (χ4v) is 1.01. The van der Waals surface area contributed by atoms with E-state index in [-0.39, 0.29) is 12.4 Å². The normalized spacial score (nSPS) is 11.0. The molecule has 0 aliphatic heterocycles. The average molecular weight is 230 g/mol. The monoisotopic (exact) mass is 230 g/mol. The van der Waals surface area contributed by atoms with Crippen LogP contribution in [-0.4, -0.2) is 31.1 Å². The van der Waals surface area contributed by atoms with Crippen LogP contribution in [0.4, 0.5) is 8.78 Å². The van der Waals surface area contributed by atoms with Crippen molar-refractivity contribution in [1.29, 1.82) is 0 Å². The first-order valence-electron chi connectivity index (χ1n) is 4.64. The van der Waals surface area contributed by atoms with Crippen molar-refractivity contribution >= 4 is 6.21 Å². The molecule has 0 radical (unpaired) electrons. The third-order valence-corrected chi connectivity index (χ3v) is 1.61. The lowest BCUT2D eigenvalue weighted by atomic mass is 10.2. The highest BCUT2D eigenvalue weighted by Crippen LogP contribution is 2.14. The summed E-state index contributed by atoms with van der Waals surface area (Å²) >= 11 is 0. The van der Waals surface area contributed by atoms with Crippen LogP contribution < -0.4 is 10.2 Å². The lowest BCUT2D eigenvalue weighted by Crippen LogP contribution is -2.11. The van der Waals surface area contributed by atoms with E-state index in [0.717, 1.165) is 0 Å². The molecule has 0 aliphatic rings. The average Bonchev–Trinajstić information content (AvgIpc) is 2.24. The fraction of sp³-hybridized carbons (Fsp3) is 0.300. The topological polar surface area (TPSA) is 53.8 Å². The maximum Gasteiger partial charge on any atom is 0.387 e. The van der Waals surface area contributed by atoms with E-state index in [9.17, 15) is 8.78 Å². The minimum Gasteiger partial charge on any atom is -0.435 e. The molecule has 16 heavy (non-hydrogen) atoms. The summed E-state index contributed by atoms with van der Waals surface area (Å²) in [7, 11) is 0. The van der Waals surface area contributed by atoms with Crippen LogP contribution in [0.2, 0.25) is 0 Å². The zero-order valence-corrected chi connectivity index (χ0v) is 8.44. The van der Waals surface area contributed by atoms with Crippen molar-refractivity contribution in [3.05, 3.63) is 29.8 Å². The molecule has 1 aromatic carbocycles. The molecule has 88 valence electrons. The highest BCUT2D eigenvalue weighted by Gasteiger charge is 2.03. The van der Waals surface area contributed by atoms with E-state index in [4.69, 9.17) is 5.11 Å². The van der Waals surface area contributed by atoms with Crippen molar-refractivity contribution < 1.29 is 18.6 Å². The lowest BCUT2D eigenvalue weighted by Gasteiger charge is -2.04. The molecule has 0 atom stereocenters. The number of alkyl halides is 2. The first-order valence-corrected chi connectivity index (χ1v) is 4.64. The number of aliphatic hydroxyl groups is 1. The van der Waals surface area contributed by atoms with Crippen molar-refractivity contribution in [3.8, 4) is 5.75 Å². The summed E-state index contributed by atoms with van der Waals surface area (Å²) in [6.07, 6.45) is 1.45. The zero-order valence-electron chi connectivity index (χ0n) is 8.44. The van der Waals surface area contributed by atoms with E-state index in [2.05, 4.69) is 15.3 Å². The number of ether oxygens (including phenoxy) is 1. The molecule has 0 aromatic heterocycles. The van der Waals surface area contributed by atoms with Gasteiger partial charge in [-0.3, -0.25) is 0 Å². The minimum absolute atomic E-state index is 0.0220. The molecule has 0 amide bonds. The zero-order chi connectivity index (χ0) is 11.8. The van der Waals surface area contributed by atoms with Gasteiger partial charge in [0.15, 0.2) is 0 Å². The van der Waals surface area contributed by atoms with Crippen molar-refractivity contribution in [2.24, 2.45) is 5.10 Å². The first-order chi connectivity index (χ1) is 7.72. The molecular formula is C10H12F2N2O2. The van der Waals surface area contributed by atoms with Gasteiger partial charge < -0.3 is 15.3 Å². The molecule has 0 spiro atoms. The van der Waals surface area contributed by atoms with Crippen LogP contribution >= 0.6 is 0 Å². The number of hydrogen-bond acceptors (Lipinski definition) is 4. The van der Waals surface area contributed by atoms with Crippen molar-refractivity contribution in [2.75, 3.05) is 13.2 Å². The standard InChI is InChI=1S/C10H12F2N2O2/c11-10(12)16-9-3-1-2-8(6-9)7-14-13-4-5-15/h1-3,6-7,10,13,15H,4-5H2/b14-7+. The number of hydrazone groups is 1. The van der Waals surface area contributed by atoms with Crippen molar-refractivity contribution in [2.45, 2.75) is 6.61 Å². The molecule has 0 unspecified atom stereocenters. The first kappa shape index (κ1) is 12.4. The van der Waals surface area contributed by atoms with E-state index in [1.54, 1.807) is 12.1 Å². The second kappa shape index (κ2) is 6.73. The Morgan fingerprint density at radius 1 is 1.50 bits per heavy atom. The van der Waals surface area contributed by atoms with Crippen LogP contribution in [-0.2, 0) is 0 Å². The SMILES string of the molecule is OCCN/N=C/c1cccc(OC(F)F)c1. The second-order valence-corrected chi connectivity index (χ2v) is 2.84. The van der Waals surface area contributed by atoms with Crippen molar-refractivity contribution in [3.63, 3.8) is 0 Å². The van der Waals surface area contributed by atoms with Crippen LogP contribution in [0, 0.1) is 0 Å². The van der Waals surface area contributed by atoms with Crippen LogP contribution in [0.15, 0.2) is 29.4 Å². The van der Waals surface area contributed by atoms with Gasteiger partial charge in [-0.25, -0.2) is 0 Å². The maximum atomic E-state index is 11.9. The molecule has 2 N–H and O–H groups in total. The Morgan fingerprint density at radius 3 is 3.00 bits per heavy atom. The molecule has 0 fully saturated rings. The number of halogens is 2. The Labute approximate surface area is 91.5 Å². The van der Waals surface area contributed by atoms with Gasteiger partial charge >= 0.3 is 6.61 Å². The van der Waals surface area contributed by atoms with Gasteiger partial charge in [-0.1, -0.05) is 12.1 Å². The van der Waals surface area contributed by atoms with Crippen LogP contribution in [0.25, 0.3) is 0 Å². The Bertz CT molecular complexity index is 345. The molecule has 4 nitrogen and oxygen atoms in total. The molecular weight excluding hydrogens is 218 g/mol. The van der Waals surface area contributed by atoms with E-state index in [0.29, 0.717) is 12.1 Å². The van der Waals surface area contributed by atoms with E-state index in [1.165, 1.54) is 18.3 Å². The fourth-order valence-electron chi connectivity index (χ4n) is 1.01. The summed E-state index contributed by atoms with van der Waals surface area (Å²) in [4.78, 5) is 0.